The van der Waals surface area contributed by atoms with Crippen LogP contribution in [-0.4, -0.2) is 11.1 Å². The van der Waals surface area contributed by atoms with E-state index < -0.39 is 11.8 Å². The first-order valence-corrected chi connectivity index (χ1v) is 5.78. The summed E-state index contributed by atoms with van der Waals surface area (Å²) in [6.07, 6.45) is 0. The lowest BCUT2D eigenvalue weighted by molar-refractivity contribution is 0.0696. The van der Waals surface area contributed by atoms with Crippen molar-refractivity contribution in [2.24, 2.45) is 0 Å². The molecule has 0 fully saturated rings. The van der Waals surface area contributed by atoms with E-state index in [1.54, 1.807) is 0 Å². The van der Waals surface area contributed by atoms with E-state index in [0.29, 0.717) is 0 Å². The normalized spacial score (nSPS) is 10.2. The zero-order valence-corrected chi connectivity index (χ0v) is 10.4. The summed E-state index contributed by atoms with van der Waals surface area (Å²) in [6, 6.07) is 11.8. The molecule has 3 nitrogen and oxygen atoms in total. The summed E-state index contributed by atoms with van der Waals surface area (Å²) in [7, 11) is 0. The second kappa shape index (κ2) is 5.52. The highest BCUT2D eigenvalue weighted by molar-refractivity contribution is 5.88. The minimum Gasteiger partial charge on any atom is -0.486 e. The Morgan fingerprint density at radius 3 is 2.58 bits per heavy atom. The van der Waals surface area contributed by atoms with Crippen LogP contribution in [-0.2, 0) is 6.61 Å². The molecule has 0 atom stereocenters. The Morgan fingerprint density at radius 2 is 1.95 bits per heavy atom. The molecule has 2 aromatic rings. The number of carboxylic acid groups (broad SMARTS) is 1. The van der Waals surface area contributed by atoms with E-state index in [9.17, 15) is 9.18 Å². The molecule has 0 aliphatic heterocycles. The molecule has 2 rings (SSSR count). The summed E-state index contributed by atoms with van der Waals surface area (Å²) in [4.78, 5) is 10.9. The fraction of sp³-hybridized carbons (Fsp3) is 0.133. The number of hydrogen-bond donors (Lipinski definition) is 1. The fourth-order valence-electron chi connectivity index (χ4n) is 1.70. The topological polar surface area (TPSA) is 46.5 Å². The minimum atomic E-state index is -1.10. The maximum Gasteiger partial charge on any atom is 0.335 e. The van der Waals surface area contributed by atoms with Gasteiger partial charge in [-0.25, -0.2) is 9.18 Å². The summed E-state index contributed by atoms with van der Waals surface area (Å²) in [5.74, 6) is -1.67. The van der Waals surface area contributed by atoms with Crippen molar-refractivity contribution in [2.45, 2.75) is 13.5 Å². The molecule has 0 radical (unpaired) electrons. The molecular formula is C15H13FO3. The van der Waals surface area contributed by atoms with E-state index in [4.69, 9.17) is 9.84 Å². The van der Waals surface area contributed by atoms with Gasteiger partial charge in [0.05, 0.1) is 5.56 Å². The molecule has 0 aromatic heterocycles. The van der Waals surface area contributed by atoms with Gasteiger partial charge in [-0.2, -0.15) is 0 Å². The van der Waals surface area contributed by atoms with Gasteiger partial charge in [0.15, 0.2) is 11.6 Å². The molecule has 2 aromatic carbocycles. The summed E-state index contributed by atoms with van der Waals surface area (Å²) in [5, 5.41) is 8.93. The molecule has 0 heterocycles. The predicted molar refractivity (Wildman–Crippen MR) is 68.9 cm³/mol. The first-order valence-electron chi connectivity index (χ1n) is 5.78. The number of aromatic carboxylic acids is 1. The number of rotatable bonds is 4. The Bertz CT molecular complexity index is 594. The van der Waals surface area contributed by atoms with Crippen LogP contribution in [0.2, 0.25) is 0 Å². The Labute approximate surface area is 110 Å². The molecule has 0 bridgehead atoms. The first kappa shape index (κ1) is 13.1. The molecule has 0 amide bonds. The average Bonchev–Trinajstić information content (AvgIpc) is 2.41. The summed E-state index contributed by atoms with van der Waals surface area (Å²) >= 11 is 0. The van der Waals surface area contributed by atoms with Gasteiger partial charge in [-0.3, -0.25) is 0 Å². The van der Waals surface area contributed by atoms with Crippen molar-refractivity contribution in [1.82, 2.24) is 0 Å². The molecular weight excluding hydrogens is 247 g/mol. The number of halogens is 1. The molecule has 0 saturated carbocycles. The second-order valence-electron chi connectivity index (χ2n) is 4.18. The van der Waals surface area contributed by atoms with Crippen molar-refractivity contribution in [3.05, 3.63) is 65.0 Å². The molecule has 1 N–H and O–H groups in total. The van der Waals surface area contributed by atoms with E-state index in [2.05, 4.69) is 0 Å². The number of carbonyl (C=O) groups is 1. The minimum absolute atomic E-state index is 0.0157. The average molecular weight is 260 g/mol. The second-order valence-corrected chi connectivity index (χ2v) is 4.18. The highest BCUT2D eigenvalue weighted by atomic mass is 19.1. The predicted octanol–water partition coefficient (Wildman–Crippen LogP) is 3.41. The smallest absolute Gasteiger partial charge is 0.335 e. The van der Waals surface area contributed by atoms with Gasteiger partial charge >= 0.3 is 5.97 Å². The fourth-order valence-corrected chi connectivity index (χ4v) is 1.70. The van der Waals surface area contributed by atoms with Gasteiger partial charge in [-0.1, -0.05) is 30.3 Å². The van der Waals surface area contributed by atoms with Crippen LogP contribution < -0.4 is 4.74 Å². The Kier molecular flexibility index (Phi) is 3.80. The van der Waals surface area contributed by atoms with Crippen LogP contribution in [0.5, 0.6) is 5.75 Å². The third-order valence-electron chi connectivity index (χ3n) is 2.71. The van der Waals surface area contributed by atoms with Crippen LogP contribution in [0.4, 0.5) is 4.39 Å². The van der Waals surface area contributed by atoms with Gasteiger partial charge in [0.1, 0.15) is 6.61 Å². The molecule has 0 spiro atoms. The molecule has 0 aliphatic carbocycles. The van der Waals surface area contributed by atoms with Crippen LogP contribution in [0.1, 0.15) is 21.5 Å². The number of hydrogen-bond acceptors (Lipinski definition) is 2. The van der Waals surface area contributed by atoms with Gasteiger partial charge < -0.3 is 9.84 Å². The number of aryl methyl sites for hydroxylation is 1. The van der Waals surface area contributed by atoms with Gasteiger partial charge in [0, 0.05) is 0 Å². The largest absolute Gasteiger partial charge is 0.486 e. The highest BCUT2D eigenvalue weighted by Crippen LogP contribution is 2.23. The first-order chi connectivity index (χ1) is 9.08. The van der Waals surface area contributed by atoms with Gasteiger partial charge in [-0.05, 0) is 30.2 Å². The SMILES string of the molecule is Cc1cc(C(=O)O)cc(OCc2ccccc2)c1F. The lowest BCUT2D eigenvalue weighted by Crippen LogP contribution is -2.03. The van der Waals surface area contributed by atoms with E-state index in [1.807, 2.05) is 30.3 Å². The molecule has 4 heteroatoms. The third kappa shape index (κ3) is 3.10. The number of benzene rings is 2. The molecule has 0 unspecified atom stereocenters. The van der Waals surface area contributed by atoms with Crippen molar-refractivity contribution in [3.63, 3.8) is 0 Å². The van der Waals surface area contributed by atoms with Crippen molar-refractivity contribution < 1.29 is 19.0 Å². The lowest BCUT2D eigenvalue weighted by Gasteiger charge is -2.10. The summed E-state index contributed by atoms with van der Waals surface area (Å²) in [5.41, 5.74) is 1.16. The van der Waals surface area contributed by atoms with Crippen molar-refractivity contribution in [1.29, 1.82) is 0 Å². The Morgan fingerprint density at radius 1 is 1.26 bits per heavy atom. The number of carboxylic acids is 1. The maximum atomic E-state index is 13.8. The van der Waals surface area contributed by atoms with Crippen molar-refractivity contribution >= 4 is 5.97 Å². The quantitative estimate of drug-likeness (QED) is 0.916. The van der Waals surface area contributed by atoms with E-state index in [1.165, 1.54) is 19.1 Å². The molecule has 0 aliphatic rings. The maximum absolute atomic E-state index is 13.8. The van der Waals surface area contributed by atoms with Crippen LogP contribution in [0.15, 0.2) is 42.5 Å². The van der Waals surface area contributed by atoms with Crippen LogP contribution in [0.3, 0.4) is 0 Å². The molecule has 98 valence electrons. The van der Waals surface area contributed by atoms with E-state index in [0.717, 1.165) is 5.56 Å². The van der Waals surface area contributed by atoms with Crippen LogP contribution in [0.25, 0.3) is 0 Å². The summed E-state index contributed by atoms with van der Waals surface area (Å²) < 4.78 is 19.2. The zero-order valence-electron chi connectivity index (χ0n) is 10.4. The van der Waals surface area contributed by atoms with Crippen molar-refractivity contribution in [2.75, 3.05) is 0 Å². The zero-order chi connectivity index (χ0) is 13.8. The Hall–Kier alpha value is -2.36. The van der Waals surface area contributed by atoms with E-state index in [-0.39, 0.29) is 23.5 Å². The van der Waals surface area contributed by atoms with Crippen LogP contribution >= 0.6 is 0 Å². The van der Waals surface area contributed by atoms with E-state index >= 15 is 0 Å². The van der Waals surface area contributed by atoms with Gasteiger partial charge in [0.25, 0.3) is 0 Å². The van der Waals surface area contributed by atoms with Crippen molar-refractivity contribution in [3.8, 4) is 5.75 Å². The lowest BCUT2D eigenvalue weighted by atomic mass is 10.1. The molecule has 19 heavy (non-hydrogen) atoms. The van der Waals surface area contributed by atoms with Gasteiger partial charge in [-0.15, -0.1) is 0 Å². The monoisotopic (exact) mass is 260 g/mol. The Balaban J connectivity index is 2.22. The van der Waals surface area contributed by atoms with Gasteiger partial charge in [0.2, 0.25) is 0 Å². The van der Waals surface area contributed by atoms with Crippen LogP contribution in [0, 0.1) is 12.7 Å². The molecule has 0 saturated heterocycles. The highest BCUT2D eigenvalue weighted by Gasteiger charge is 2.13. The number of ether oxygens (including phenoxy) is 1. The third-order valence-corrected chi connectivity index (χ3v) is 2.71. The summed E-state index contributed by atoms with van der Waals surface area (Å²) in [6.45, 7) is 1.71. The standard InChI is InChI=1S/C15H13FO3/c1-10-7-12(15(17)18)8-13(14(10)16)19-9-11-5-3-2-4-6-11/h2-8H,9H2,1H3,(H,17,18).